The van der Waals surface area contributed by atoms with Crippen molar-refractivity contribution < 1.29 is 14.5 Å². The number of ether oxygens (including phenoxy) is 1. The number of methoxy groups -OCH3 is 1. The predicted molar refractivity (Wildman–Crippen MR) is 76.3 cm³/mol. The summed E-state index contributed by atoms with van der Waals surface area (Å²) >= 11 is 0. The van der Waals surface area contributed by atoms with Gasteiger partial charge in [0, 0.05) is 26.1 Å². The van der Waals surface area contributed by atoms with Crippen LogP contribution in [-0.4, -0.2) is 52.4 Å². The Hall–Kier alpha value is -2.45. The second-order valence-electron chi connectivity index (χ2n) is 4.08. The van der Waals surface area contributed by atoms with E-state index in [1.165, 1.54) is 13.4 Å². The fourth-order valence-electron chi connectivity index (χ4n) is 1.83. The van der Waals surface area contributed by atoms with Gasteiger partial charge >= 0.3 is 5.69 Å². The van der Waals surface area contributed by atoms with Crippen molar-refractivity contribution >= 4 is 17.4 Å². The molecule has 0 aromatic carbocycles. The van der Waals surface area contributed by atoms with Crippen molar-refractivity contribution in [3.8, 4) is 5.88 Å². The zero-order valence-electron chi connectivity index (χ0n) is 12.3. The molecule has 0 fully saturated rings. The molecule has 1 heterocycles. The molecule has 116 valence electrons. The van der Waals surface area contributed by atoms with Crippen LogP contribution in [0.25, 0.3) is 0 Å². The van der Waals surface area contributed by atoms with E-state index in [1.54, 1.807) is 4.90 Å². The van der Waals surface area contributed by atoms with E-state index in [2.05, 4.69) is 15.3 Å². The molecule has 0 aliphatic heterocycles. The number of nitro groups is 1. The van der Waals surface area contributed by atoms with E-state index in [0.717, 1.165) is 0 Å². The smallest absolute Gasteiger partial charge is 0.372 e. The standard InChI is InChI=1S/C12H19N5O4/c1-4-16(5-2)9(18)6-7-13-11-10(17(19)20)12(21-3)15-8-14-11/h8H,4-7H2,1-3H3,(H,13,14,15). The normalized spacial score (nSPS) is 10.0. The van der Waals surface area contributed by atoms with Gasteiger partial charge in [-0.15, -0.1) is 0 Å². The van der Waals surface area contributed by atoms with Gasteiger partial charge in [0.05, 0.1) is 12.0 Å². The van der Waals surface area contributed by atoms with Gasteiger partial charge in [-0.25, -0.2) is 4.98 Å². The summed E-state index contributed by atoms with van der Waals surface area (Å²) in [4.78, 5) is 31.4. The first kappa shape index (κ1) is 16.6. The third kappa shape index (κ3) is 4.26. The quantitative estimate of drug-likeness (QED) is 0.564. The van der Waals surface area contributed by atoms with Crippen molar-refractivity contribution in [2.45, 2.75) is 20.3 Å². The maximum Gasteiger partial charge on any atom is 0.372 e. The Labute approximate surface area is 122 Å². The Bertz CT molecular complexity index is 504. The lowest BCUT2D eigenvalue weighted by molar-refractivity contribution is -0.385. The highest BCUT2D eigenvalue weighted by atomic mass is 16.6. The summed E-state index contributed by atoms with van der Waals surface area (Å²) in [5.74, 6) is -0.0945. The number of carbonyl (C=O) groups is 1. The molecule has 0 spiro atoms. The van der Waals surface area contributed by atoms with Gasteiger partial charge in [0.25, 0.3) is 5.88 Å². The summed E-state index contributed by atoms with van der Waals surface area (Å²) in [6.45, 7) is 5.31. The molecule has 0 atom stereocenters. The van der Waals surface area contributed by atoms with Crippen LogP contribution in [-0.2, 0) is 4.79 Å². The molecule has 9 heteroatoms. The van der Waals surface area contributed by atoms with Crippen LogP contribution in [0.4, 0.5) is 11.5 Å². The molecule has 0 aliphatic rings. The summed E-state index contributed by atoms with van der Waals surface area (Å²) < 4.78 is 4.84. The van der Waals surface area contributed by atoms with Crippen molar-refractivity contribution in [1.82, 2.24) is 14.9 Å². The maximum absolute atomic E-state index is 11.8. The first-order valence-electron chi connectivity index (χ1n) is 6.60. The lowest BCUT2D eigenvalue weighted by Crippen LogP contribution is -2.31. The second kappa shape index (κ2) is 7.98. The molecular weight excluding hydrogens is 278 g/mol. The van der Waals surface area contributed by atoms with Crippen LogP contribution in [0.3, 0.4) is 0 Å². The Balaban J connectivity index is 2.72. The SMILES string of the molecule is CCN(CC)C(=O)CCNc1ncnc(OC)c1[N+](=O)[O-]. The fraction of sp³-hybridized carbons (Fsp3) is 0.583. The van der Waals surface area contributed by atoms with Gasteiger partial charge < -0.3 is 15.0 Å². The van der Waals surface area contributed by atoms with Gasteiger partial charge in [0.2, 0.25) is 11.7 Å². The summed E-state index contributed by atoms with van der Waals surface area (Å²) in [5, 5.41) is 13.8. The Kier molecular flexibility index (Phi) is 6.31. The summed E-state index contributed by atoms with van der Waals surface area (Å²) in [7, 11) is 1.29. The third-order valence-corrected chi connectivity index (χ3v) is 2.91. The van der Waals surface area contributed by atoms with Gasteiger partial charge in [0.1, 0.15) is 6.33 Å². The molecule has 1 N–H and O–H groups in total. The lowest BCUT2D eigenvalue weighted by atomic mass is 10.3. The number of nitrogens with zero attached hydrogens (tertiary/aromatic N) is 4. The van der Waals surface area contributed by atoms with Crippen LogP contribution >= 0.6 is 0 Å². The average molecular weight is 297 g/mol. The van der Waals surface area contributed by atoms with Crippen molar-refractivity contribution in [2.24, 2.45) is 0 Å². The Morgan fingerprint density at radius 3 is 2.62 bits per heavy atom. The summed E-state index contributed by atoms with van der Waals surface area (Å²) in [6, 6.07) is 0. The van der Waals surface area contributed by atoms with E-state index in [1.807, 2.05) is 13.8 Å². The molecule has 0 unspecified atom stereocenters. The highest BCUT2D eigenvalue weighted by Gasteiger charge is 2.23. The number of hydrogen-bond donors (Lipinski definition) is 1. The molecule has 1 aromatic heterocycles. The van der Waals surface area contributed by atoms with E-state index in [0.29, 0.717) is 13.1 Å². The van der Waals surface area contributed by atoms with Crippen molar-refractivity contribution in [2.75, 3.05) is 32.1 Å². The number of nitrogens with one attached hydrogen (secondary N) is 1. The van der Waals surface area contributed by atoms with Crippen LogP contribution in [0, 0.1) is 10.1 Å². The first-order valence-corrected chi connectivity index (χ1v) is 6.60. The van der Waals surface area contributed by atoms with E-state index in [9.17, 15) is 14.9 Å². The zero-order chi connectivity index (χ0) is 15.8. The van der Waals surface area contributed by atoms with Crippen LogP contribution in [0.15, 0.2) is 6.33 Å². The van der Waals surface area contributed by atoms with Gasteiger partial charge in [-0.1, -0.05) is 0 Å². The molecule has 0 saturated heterocycles. The molecule has 21 heavy (non-hydrogen) atoms. The third-order valence-electron chi connectivity index (χ3n) is 2.91. The molecule has 0 aliphatic carbocycles. The Morgan fingerprint density at radius 2 is 2.10 bits per heavy atom. The monoisotopic (exact) mass is 297 g/mol. The molecule has 1 rings (SSSR count). The van der Waals surface area contributed by atoms with Crippen molar-refractivity contribution in [1.29, 1.82) is 0 Å². The number of hydrogen-bond acceptors (Lipinski definition) is 7. The van der Waals surface area contributed by atoms with Crippen molar-refractivity contribution in [3.05, 3.63) is 16.4 Å². The van der Waals surface area contributed by atoms with Crippen LogP contribution < -0.4 is 10.1 Å². The summed E-state index contributed by atoms with van der Waals surface area (Å²) in [6.07, 6.45) is 1.39. The fourth-order valence-corrected chi connectivity index (χ4v) is 1.83. The minimum Gasteiger partial charge on any atom is -0.476 e. The molecule has 1 aromatic rings. The largest absolute Gasteiger partial charge is 0.476 e. The number of rotatable bonds is 8. The van der Waals surface area contributed by atoms with Gasteiger partial charge in [-0.2, -0.15) is 4.98 Å². The molecule has 9 nitrogen and oxygen atoms in total. The molecule has 0 saturated carbocycles. The van der Waals surface area contributed by atoms with E-state index >= 15 is 0 Å². The minimum atomic E-state index is -0.618. The average Bonchev–Trinajstić information content (AvgIpc) is 2.47. The zero-order valence-corrected chi connectivity index (χ0v) is 12.3. The highest BCUT2D eigenvalue weighted by Crippen LogP contribution is 2.30. The van der Waals surface area contributed by atoms with Gasteiger partial charge in [0.15, 0.2) is 0 Å². The first-order chi connectivity index (χ1) is 10.0. The summed E-state index contributed by atoms with van der Waals surface area (Å²) in [5.41, 5.74) is -0.338. The number of carbonyl (C=O) groups excluding carboxylic acids is 1. The number of aromatic nitrogens is 2. The Morgan fingerprint density at radius 1 is 1.43 bits per heavy atom. The van der Waals surface area contributed by atoms with E-state index < -0.39 is 4.92 Å². The van der Waals surface area contributed by atoms with Crippen molar-refractivity contribution in [3.63, 3.8) is 0 Å². The molecular formula is C12H19N5O4. The molecule has 0 bridgehead atoms. The van der Waals surface area contributed by atoms with Crippen LogP contribution in [0.1, 0.15) is 20.3 Å². The highest BCUT2D eigenvalue weighted by molar-refractivity contribution is 5.76. The van der Waals surface area contributed by atoms with Crippen LogP contribution in [0.5, 0.6) is 5.88 Å². The van der Waals surface area contributed by atoms with Crippen LogP contribution in [0.2, 0.25) is 0 Å². The predicted octanol–water partition coefficient (Wildman–Crippen LogP) is 1.06. The number of amides is 1. The van der Waals surface area contributed by atoms with Gasteiger partial charge in [-0.05, 0) is 13.8 Å². The number of anilines is 1. The topological polar surface area (TPSA) is 110 Å². The van der Waals surface area contributed by atoms with E-state index in [-0.39, 0.29) is 36.3 Å². The maximum atomic E-state index is 11.8. The lowest BCUT2D eigenvalue weighted by Gasteiger charge is -2.18. The minimum absolute atomic E-state index is 0.0174. The molecule has 1 amide bonds. The second-order valence-corrected chi connectivity index (χ2v) is 4.08. The van der Waals surface area contributed by atoms with E-state index in [4.69, 9.17) is 4.74 Å². The van der Waals surface area contributed by atoms with Gasteiger partial charge in [-0.3, -0.25) is 14.9 Å². The molecule has 0 radical (unpaired) electrons.